The van der Waals surface area contributed by atoms with Gasteiger partial charge in [-0.2, -0.15) is 13.2 Å². The number of rotatable bonds is 2. The molecule has 2 nitrogen and oxygen atoms in total. The van der Waals surface area contributed by atoms with Crippen LogP contribution in [0, 0.1) is 0 Å². The summed E-state index contributed by atoms with van der Waals surface area (Å²) in [6.45, 7) is 6.48. The summed E-state index contributed by atoms with van der Waals surface area (Å²) in [4.78, 5) is 3.60. The predicted molar refractivity (Wildman–Crippen MR) is 54.8 cm³/mol. The van der Waals surface area contributed by atoms with Gasteiger partial charge in [-0.3, -0.25) is 0 Å². The number of nitrogens with zero attached hydrogens (tertiary/aromatic N) is 1. The summed E-state index contributed by atoms with van der Waals surface area (Å²) in [5, 5.41) is 2.81. The highest BCUT2D eigenvalue weighted by Crippen LogP contribution is 2.28. The van der Waals surface area contributed by atoms with Gasteiger partial charge < -0.3 is 5.32 Å². The molecule has 0 unspecified atom stereocenters. The lowest BCUT2D eigenvalue weighted by molar-refractivity contribution is -0.137. The Bertz CT molecular complexity index is 267. The highest BCUT2D eigenvalue weighted by molar-refractivity contribution is 5.35. The third-order valence-electron chi connectivity index (χ3n) is 1.45. The zero-order valence-electron chi connectivity index (χ0n) is 9.02. The predicted octanol–water partition coefficient (Wildman–Crippen LogP) is 3.56. The molecule has 1 N–H and O–H groups in total. The number of hydrogen-bond acceptors (Lipinski definition) is 2. The highest BCUT2D eigenvalue weighted by Gasteiger charge is 2.30. The van der Waals surface area contributed by atoms with Gasteiger partial charge in [0.25, 0.3) is 0 Å². The Labute approximate surface area is 87.5 Å². The van der Waals surface area contributed by atoms with E-state index in [1.165, 1.54) is 6.07 Å². The van der Waals surface area contributed by atoms with Crippen molar-refractivity contribution in [2.24, 2.45) is 0 Å². The first-order valence-corrected chi connectivity index (χ1v) is 4.81. The monoisotopic (exact) mass is 220 g/mol. The van der Waals surface area contributed by atoms with E-state index < -0.39 is 11.7 Å². The number of aromatic nitrogens is 1. The van der Waals surface area contributed by atoms with E-state index in [-0.39, 0.29) is 0 Å². The Morgan fingerprint density at radius 1 is 1.27 bits per heavy atom. The van der Waals surface area contributed by atoms with Crippen molar-refractivity contribution in [2.45, 2.75) is 26.9 Å². The van der Waals surface area contributed by atoms with Gasteiger partial charge in [-0.15, -0.1) is 0 Å². The van der Waals surface area contributed by atoms with E-state index in [9.17, 15) is 13.2 Å². The van der Waals surface area contributed by atoms with Crippen LogP contribution in [-0.2, 0) is 6.18 Å². The van der Waals surface area contributed by atoms with E-state index >= 15 is 0 Å². The summed E-state index contributed by atoms with van der Waals surface area (Å²) < 4.78 is 36.1. The summed E-state index contributed by atoms with van der Waals surface area (Å²) in [6, 6.07) is 2.32. The minimum atomic E-state index is -4.31. The fourth-order valence-electron chi connectivity index (χ4n) is 0.847. The van der Waals surface area contributed by atoms with Crippen LogP contribution in [0.1, 0.15) is 26.3 Å². The molecule has 1 aromatic heterocycles. The molecule has 0 aromatic carbocycles. The summed E-state index contributed by atoms with van der Waals surface area (Å²) in [6.07, 6.45) is -3.49. The van der Waals surface area contributed by atoms with E-state index in [2.05, 4.69) is 10.3 Å². The third-order valence-corrected chi connectivity index (χ3v) is 1.45. The molecule has 1 rings (SSSR count). The molecule has 0 saturated carbocycles. The lowest BCUT2D eigenvalue weighted by Gasteiger charge is -2.06. The number of nitrogens with one attached hydrogen (secondary N) is 1. The van der Waals surface area contributed by atoms with Crippen molar-refractivity contribution >= 4 is 5.82 Å². The second-order valence-corrected chi connectivity index (χ2v) is 2.46. The summed E-state index contributed by atoms with van der Waals surface area (Å²) in [5.41, 5.74) is -0.728. The van der Waals surface area contributed by atoms with Crippen molar-refractivity contribution in [2.75, 3.05) is 11.9 Å². The van der Waals surface area contributed by atoms with Gasteiger partial charge in [0.1, 0.15) is 5.82 Å². The minimum Gasteiger partial charge on any atom is -0.370 e. The molecular weight excluding hydrogens is 205 g/mol. The largest absolute Gasteiger partial charge is 0.417 e. The lowest BCUT2D eigenvalue weighted by Crippen LogP contribution is -2.06. The second kappa shape index (κ2) is 6.27. The van der Waals surface area contributed by atoms with Gasteiger partial charge in [-0.1, -0.05) is 13.8 Å². The summed E-state index contributed by atoms with van der Waals surface area (Å²) in [7, 11) is 0. The van der Waals surface area contributed by atoms with Crippen LogP contribution in [0.2, 0.25) is 0 Å². The van der Waals surface area contributed by atoms with Gasteiger partial charge in [-0.05, 0) is 19.1 Å². The summed E-state index contributed by atoms with van der Waals surface area (Å²) in [5.74, 6) is 0.454. The molecule has 0 bridgehead atoms. The van der Waals surface area contributed by atoms with Crippen molar-refractivity contribution in [3.63, 3.8) is 0 Å². The molecule has 0 spiro atoms. The fraction of sp³-hybridized carbons (Fsp3) is 0.500. The zero-order valence-corrected chi connectivity index (χ0v) is 9.02. The third kappa shape index (κ3) is 4.67. The maximum absolute atomic E-state index is 12.0. The first kappa shape index (κ1) is 13.7. The van der Waals surface area contributed by atoms with Gasteiger partial charge in [-0.25, -0.2) is 4.98 Å². The Kier molecular flexibility index (Phi) is 5.74. The van der Waals surface area contributed by atoms with Gasteiger partial charge in [0.15, 0.2) is 0 Å². The molecule has 0 fully saturated rings. The van der Waals surface area contributed by atoms with Crippen LogP contribution >= 0.6 is 0 Å². The second-order valence-electron chi connectivity index (χ2n) is 2.46. The van der Waals surface area contributed by atoms with E-state index in [0.29, 0.717) is 12.4 Å². The molecule has 0 radical (unpaired) electrons. The number of alkyl halides is 3. The Morgan fingerprint density at radius 3 is 2.20 bits per heavy atom. The van der Waals surface area contributed by atoms with E-state index in [1.807, 2.05) is 20.8 Å². The molecule has 0 saturated heterocycles. The fourth-order valence-corrected chi connectivity index (χ4v) is 0.847. The number of hydrogen-bond donors (Lipinski definition) is 1. The van der Waals surface area contributed by atoms with Gasteiger partial charge in [0.05, 0.1) is 5.56 Å². The van der Waals surface area contributed by atoms with Crippen molar-refractivity contribution in [3.8, 4) is 0 Å². The van der Waals surface area contributed by atoms with Crippen LogP contribution in [0.5, 0.6) is 0 Å². The lowest BCUT2D eigenvalue weighted by atomic mass is 10.3. The SMILES string of the molecule is CC.CCNc1ccc(C(F)(F)F)cn1. The Balaban J connectivity index is 0.000000921. The van der Waals surface area contributed by atoms with Gasteiger partial charge in [0.2, 0.25) is 0 Å². The molecule has 0 aliphatic carbocycles. The standard InChI is InChI=1S/C8H9F3N2.C2H6/c1-2-12-7-4-3-6(5-13-7)8(9,10)11;1-2/h3-5H,2H2,1H3,(H,12,13);1-2H3. The van der Waals surface area contributed by atoms with Gasteiger partial charge >= 0.3 is 6.18 Å². The highest BCUT2D eigenvalue weighted by atomic mass is 19.4. The van der Waals surface area contributed by atoms with Crippen LogP contribution in [0.15, 0.2) is 18.3 Å². The van der Waals surface area contributed by atoms with Crippen molar-refractivity contribution in [1.82, 2.24) is 4.98 Å². The Hall–Kier alpha value is -1.26. The smallest absolute Gasteiger partial charge is 0.370 e. The maximum atomic E-state index is 12.0. The van der Waals surface area contributed by atoms with E-state index in [1.54, 1.807) is 0 Å². The quantitative estimate of drug-likeness (QED) is 0.824. The summed E-state index contributed by atoms with van der Waals surface area (Å²) >= 11 is 0. The molecule has 0 amide bonds. The number of pyridine rings is 1. The van der Waals surface area contributed by atoms with Crippen molar-refractivity contribution < 1.29 is 13.2 Å². The van der Waals surface area contributed by atoms with Crippen molar-refractivity contribution in [3.05, 3.63) is 23.9 Å². The van der Waals surface area contributed by atoms with Crippen LogP contribution in [-0.4, -0.2) is 11.5 Å². The molecular formula is C10H15F3N2. The molecule has 0 aliphatic heterocycles. The first-order chi connectivity index (χ1) is 7.04. The average Bonchev–Trinajstić information content (AvgIpc) is 2.21. The molecule has 1 heterocycles. The average molecular weight is 220 g/mol. The minimum absolute atomic E-state index is 0.454. The molecule has 0 atom stereocenters. The molecule has 0 aliphatic rings. The van der Waals surface area contributed by atoms with Gasteiger partial charge in [0, 0.05) is 12.7 Å². The zero-order chi connectivity index (χ0) is 11.9. The van der Waals surface area contributed by atoms with E-state index in [4.69, 9.17) is 0 Å². The first-order valence-electron chi connectivity index (χ1n) is 4.81. The number of anilines is 1. The normalized spacial score (nSPS) is 10.3. The van der Waals surface area contributed by atoms with Crippen LogP contribution < -0.4 is 5.32 Å². The topological polar surface area (TPSA) is 24.9 Å². The van der Waals surface area contributed by atoms with Crippen LogP contribution in [0.25, 0.3) is 0 Å². The number of halogens is 3. The van der Waals surface area contributed by atoms with Crippen LogP contribution in [0.4, 0.5) is 19.0 Å². The molecule has 1 aromatic rings. The molecule has 15 heavy (non-hydrogen) atoms. The molecule has 86 valence electrons. The van der Waals surface area contributed by atoms with E-state index in [0.717, 1.165) is 12.3 Å². The van der Waals surface area contributed by atoms with Crippen molar-refractivity contribution in [1.29, 1.82) is 0 Å². The maximum Gasteiger partial charge on any atom is 0.417 e. The van der Waals surface area contributed by atoms with Crippen LogP contribution in [0.3, 0.4) is 0 Å². The molecule has 5 heteroatoms. The Morgan fingerprint density at radius 2 is 1.87 bits per heavy atom.